The first kappa shape index (κ1) is 18.5. The molecule has 1 aliphatic heterocycles. The van der Waals surface area contributed by atoms with Gasteiger partial charge in [0.2, 0.25) is 0 Å². The van der Waals surface area contributed by atoms with Gasteiger partial charge in [-0.3, -0.25) is 5.43 Å². The highest BCUT2D eigenvalue weighted by molar-refractivity contribution is 7.92. The van der Waals surface area contributed by atoms with Crippen molar-refractivity contribution in [3.63, 3.8) is 0 Å². The number of nitrogens with one attached hydrogen (secondary N) is 1. The molecule has 0 unspecified atom stereocenters. The minimum Gasteiger partial charge on any atom is -0.492 e. The van der Waals surface area contributed by atoms with E-state index in [2.05, 4.69) is 0 Å². The molecular weight excluding hydrogens is 336 g/mol. The summed E-state index contributed by atoms with van der Waals surface area (Å²) < 4.78 is 31.5. The van der Waals surface area contributed by atoms with Crippen molar-refractivity contribution in [3.05, 3.63) is 24.3 Å². The van der Waals surface area contributed by atoms with Crippen molar-refractivity contribution in [1.82, 2.24) is 10.4 Å². The molecule has 0 aliphatic carbocycles. The van der Waals surface area contributed by atoms with E-state index in [1.165, 1.54) is 6.07 Å². The minimum atomic E-state index is -3.92. The van der Waals surface area contributed by atoms with Gasteiger partial charge in [0.25, 0.3) is 0 Å². The Morgan fingerprint density at radius 3 is 2.79 bits per heavy atom. The summed E-state index contributed by atoms with van der Waals surface area (Å²) in [5.41, 5.74) is 2.04. The summed E-state index contributed by atoms with van der Waals surface area (Å²) in [4.78, 5) is 10.9. The second-order valence-electron chi connectivity index (χ2n) is 5.61. The maximum absolute atomic E-state index is 13.0. The van der Waals surface area contributed by atoms with Gasteiger partial charge in [0.15, 0.2) is 9.84 Å². The number of ether oxygens (including phenoxy) is 1. The topological polar surface area (TPSA) is 116 Å². The average Bonchev–Trinajstić information content (AvgIpc) is 2.88. The summed E-state index contributed by atoms with van der Waals surface area (Å²) in [5, 5.41) is 18.5. The molecule has 9 heteroatoms. The standard InChI is InChI=1S/C15H22N2O6S/c1-2-3-8-23-12-6-4-5-7-13(12)24(21,22)14-9-11(18)10-17(14)16-15(19)20/h4-7,11,14,16,18H,2-3,8-10H2,1H3,(H,19,20)/t11-,14+/m0/s1. The fourth-order valence-electron chi connectivity index (χ4n) is 2.59. The Balaban J connectivity index is 2.30. The van der Waals surface area contributed by atoms with Crippen LogP contribution in [-0.4, -0.2) is 54.4 Å². The van der Waals surface area contributed by atoms with Crippen LogP contribution in [0, 0.1) is 0 Å². The number of aliphatic hydroxyl groups is 1. The van der Waals surface area contributed by atoms with Crippen LogP contribution >= 0.6 is 0 Å². The fraction of sp³-hybridized carbons (Fsp3) is 0.533. The molecule has 1 aliphatic rings. The molecule has 0 saturated carbocycles. The normalized spacial score (nSPS) is 21.6. The molecule has 1 saturated heterocycles. The molecule has 2 rings (SSSR count). The van der Waals surface area contributed by atoms with Gasteiger partial charge in [-0.25, -0.2) is 13.2 Å². The number of aliphatic hydroxyl groups excluding tert-OH is 1. The number of para-hydroxylation sites is 1. The SMILES string of the molecule is CCCCOc1ccccc1S(=O)(=O)[C@@H]1C[C@H](O)CN1NC(=O)O. The van der Waals surface area contributed by atoms with Gasteiger partial charge in [0, 0.05) is 13.0 Å². The monoisotopic (exact) mass is 358 g/mol. The highest BCUT2D eigenvalue weighted by atomic mass is 32.2. The molecule has 0 aromatic heterocycles. The molecular formula is C15H22N2O6S. The lowest BCUT2D eigenvalue weighted by Gasteiger charge is -2.24. The Hall–Kier alpha value is -1.84. The smallest absolute Gasteiger partial charge is 0.419 e. The Morgan fingerprint density at radius 2 is 2.12 bits per heavy atom. The molecule has 24 heavy (non-hydrogen) atoms. The van der Waals surface area contributed by atoms with E-state index in [4.69, 9.17) is 9.84 Å². The summed E-state index contributed by atoms with van der Waals surface area (Å²) in [6.07, 6.45) is -0.670. The molecule has 1 aromatic rings. The Kier molecular flexibility index (Phi) is 6.03. The summed E-state index contributed by atoms with van der Waals surface area (Å²) in [7, 11) is -3.92. The van der Waals surface area contributed by atoms with E-state index in [0.717, 1.165) is 17.9 Å². The van der Waals surface area contributed by atoms with Crippen LogP contribution in [0.15, 0.2) is 29.2 Å². The van der Waals surface area contributed by atoms with Crippen LogP contribution < -0.4 is 10.2 Å². The van der Waals surface area contributed by atoms with Crippen LogP contribution in [0.4, 0.5) is 4.79 Å². The number of amides is 1. The van der Waals surface area contributed by atoms with E-state index in [0.29, 0.717) is 6.61 Å². The number of hydrogen-bond acceptors (Lipinski definition) is 6. The zero-order valence-corrected chi connectivity index (χ0v) is 14.2. The first-order valence-electron chi connectivity index (χ1n) is 7.76. The Labute approximate surface area is 140 Å². The predicted octanol–water partition coefficient (Wildman–Crippen LogP) is 1.21. The maximum Gasteiger partial charge on any atom is 0.419 e. The van der Waals surface area contributed by atoms with Crippen molar-refractivity contribution in [2.24, 2.45) is 0 Å². The molecule has 0 bridgehead atoms. The highest BCUT2D eigenvalue weighted by Crippen LogP contribution is 2.32. The first-order valence-corrected chi connectivity index (χ1v) is 9.31. The molecule has 1 aromatic carbocycles. The molecule has 1 amide bonds. The number of hydrazine groups is 1. The largest absolute Gasteiger partial charge is 0.492 e. The number of rotatable bonds is 7. The third-order valence-electron chi connectivity index (χ3n) is 3.74. The van der Waals surface area contributed by atoms with Gasteiger partial charge >= 0.3 is 6.09 Å². The number of hydrogen-bond donors (Lipinski definition) is 3. The van der Waals surface area contributed by atoms with E-state index in [9.17, 15) is 18.3 Å². The van der Waals surface area contributed by atoms with Gasteiger partial charge in [-0.15, -0.1) is 0 Å². The van der Waals surface area contributed by atoms with E-state index in [-0.39, 0.29) is 23.6 Å². The lowest BCUT2D eigenvalue weighted by Crippen LogP contribution is -2.47. The Bertz CT molecular complexity index is 678. The van der Waals surface area contributed by atoms with Crippen LogP contribution in [0.5, 0.6) is 5.75 Å². The molecule has 134 valence electrons. The molecule has 0 spiro atoms. The summed E-state index contributed by atoms with van der Waals surface area (Å²) >= 11 is 0. The van der Waals surface area contributed by atoms with Gasteiger partial charge in [-0.05, 0) is 18.6 Å². The third kappa shape index (κ3) is 4.16. The Morgan fingerprint density at radius 1 is 1.42 bits per heavy atom. The lowest BCUT2D eigenvalue weighted by molar-refractivity contribution is 0.130. The van der Waals surface area contributed by atoms with E-state index in [1.807, 2.05) is 12.3 Å². The zero-order chi connectivity index (χ0) is 17.7. The number of nitrogens with zero attached hydrogens (tertiary/aromatic N) is 1. The molecule has 1 fully saturated rings. The quantitative estimate of drug-likeness (QED) is 0.627. The maximum atomic E-state index is 13.0. The summed E-state index contributed by atoms with van der Waals surface area (Å²) in [6.45, 7) is 2.31. The number of carboxylic acid groups (broad SMARTS) is 1. The van der Waals surface area contributed by atoms with E-state index < -0.39 is 27.4 Å². The fourth-order valence-corrected chi connectivity index (χ4v) is 4.51. The first-order chi connectivity index (χ1) is 11.4. The number of unbranched alkanes of at least 4 members (excludes halogenated alkanes) is 1. The van der Waals surface area contributed by atoms with Gasteiger partial charge in [0.05, 0.1) is 12.7 Å². The number of sulfone groups is 1. The van der Waals surface area contributed by atoms with Crippen LogP contribution in [0.25, 0.3) is 0 Å². The van der Waals surface area contributed by atoms with Crippen molar-refractivity contribution >= 4 is 15.9 Å². The van der Waals surface area contributed by atoms with Crippen LogP contribution in [0.2, 0.25) is 0 Å². The van der Waals surface area contributed by atoms with Crippen LogP contribution in [0.1, 0.15) is 26.2 Å². The van der Waals surface area contributed by atoms with Crippen molar-refractivity contribution in [2.75, 3.05) is 13.2 Å². The molecule has 3 N–H and O–H groups in total. The minimum absolute atomic E-state index is 0.00241. The van der Waals surface area contributed by atoms with Crippen molar-refractivity contribution in [2.45, 2.75) is 42.6 Å². The second kappa shape index (κ2) is 7.82. The second-order valence-corrected chi connectivity index (χ2v) is 7.68. The van der Waals surface area contributed by atoms with E-state index >= 15 is 0 Å². The molecule has 0 radical (unpaired) electrons. The van der Waals surface area contributed by atoms with E-state index in [1.54, 1.807) is 18.2 Å². The summed E-state index contributed by atoms with van der Waals surface area (Å²) in [5.74, 6) is 0.239. The predicted molar refractivity (Wildman–Crippen MR) is 86.3 cm³/mol. The third-order valence-corrected chi connectivity index (χ3v) is 5.85. The number of carbonyl (C=O) groups is 1. The van der Waals surface area contributed by atoms with Gasteiger partial charge < -0.3 is 14.9 Å². The van der Waals surface area contributed by atoms with Crippen molar-refractivity contribution in [3.8, 4) is 5.75 Å². The van der Waals surface area contributed by atoms with Crippen molar-refractivity contribution < 1.29 is 28.2 Å². The number of benzene rings is 1. The zero-order valence-electron chi connectivity index (χ0n) is 13.4. The molecule has 1 heterocycles. The average molecular weight is 358 g/mol. The van der Waals surface area contributed by atoms with Gasteiger partial charge in [0.1, 0.15) is 16.0 Å². The molecule has 2 atom stereocenters. The lowest BCUT2D eigenvalue weighted by atomic mass is 10.3. The summed E-state index contributed by atoms with van der Waals surface area (Å²) in [6, 6.07) is 6.26. The molecule has 8 nitrogen and oxygen atoms in total. The van der Waals surface area contributed by atoms with Crippen molar-refractivity contribution in [1.29, 1.82) is 0 Å². The van der Waals surface area contributed by atoms with Crippen LogP contribution in [0.3, 0.4) is 0 Å². The van der Waals surface area contributed by atoms with Gasteiger partial charge in [-0.1, -0.05) is 25.5 Å². The number of β-amino-alcohol motifs (C(OH)–C–C–N with tert-alkyl or cyclic N) is 1. The highest BCUT2D eigenvalue weighted by Gasteiger charge is 2.42. The van der Waals surface area contributed by atoms with Crippen LogP contribution in [-0.2, 0) is 9.84 Å². The van der Waals surface area contributed by atoms with Gasteiger partial charge in [-0.2, -0.15) is 5.01 Å².